The first kappa shape index (κ1) is 31.4. The molecule has 2 saturated heterocycles. The van der Waals surface area contributed by atoms with Crippen molar-refractivity contribution in [3.05, 3.63) is 113 Å². The Kier molecular flexibility index (Phi) is 10.1. The van der Waals surface area contributed by atoms with Gasteiger partial charge in [-0.3, -0.25) is 19.5 Å². The van der Waals surface area contributed by atoms with Crippen molar-refractivity contribution in [2.24, 2.45) is 0 Å². The highest BCUT2D eigenvalue weighted by Gasteiger charge is 2.35. The highest BCUT2D eigenvalue weighted by atomic mass is 16.4. The fourth-order valence-corrected chi connectivity index (χ4v) is 6.64. The first-order valence-electron chi connectivity index (χ1n) is 15.6. The van der Waals surface area contributed by atoms with Gasteiger partial charge in [-0.25, -0.2) is 4.79 Å². The van der Waals surface area contributed by atoms with Crippen LogP contribution in [-0.2, 0) is 6.54 Å². The number of hydrogen-bond acceptors (Lipinski definition) is 6. The van der Waals surface area contributed by atoms with Gasteiger partial charge in [0, 0.05) is 70.0 Å². The maximum atomic E-state index is 13.9. The van der Waals surface area contributed by atoms with Crippen LogP contribution in [0.5, 0.6) is 5.75 Å². The Bertz CT molecular complexity index is 1460. The van der Waals surface area contributed by atoms with E-state index in [4.69, 9.17) is 0 Å². The molecule has 3 aromatic rings. The maximum absolute atomic E-state index is 13.9. The van der Waals surface area contributed by atoms with Crippen molar-refractivity contribution in [2.45, 2.75) is 44.9 Å². The summed E-state index contributed by atoms with van der Waals surface area (Å²) in [5.74, 6) is -0.656. The molecular weight excluding hydrogens is 552 g/mol. The predicted molar refractivity (Wildman–Crippen MR) is 173 cm³/mol. The Balaban J connectivity index is 1.33. The molecular formula is C36H44N4O4. The fraction of sp³-hybridized carbons (Fsp3) is 0.389. The number of benzene rings is 3. The van der Waals surface area contributed by atoms with Crippen LogP contribution in [0.2, 0.25) is 0 Å². The van der Waals surface area contributed by atoms with Crippen LogP contribution in [-0.4, -0.2) is 99.6 Å². The van der Waals surface area contributed by atoms with Gasteiger partial charge in [-0.2, -0.15) is 0 Å². The summed E-state index contributed by atoms with van der Waals surface area (Å²) in [6.07, 6.45) is 2.83. The van der Waals surface area contributed by atoms with Crippen molar-refractivity contribution < 1.29 is 19.8 Å². The number of nitrogens with zero attached hydrogens (tertiary/aromatic N) is 4. The van der Waals surface area contributed by atoms with Gasteiger partial charge in [-0.15, -0.1) is 6.58 Å². The van der Waals surface area contributed by atoms with Crippen molar-refractivity contribution >= 4 is 11.9 Å². The Morgan fingerprint density at radius 2 is 1.61 bits per heavy atom. The van der Waals surface area contributed by atoms with E-state index >= 15 is 0 Å². The average Bonchev–Trinajstić information content (AvgIpc) is 3.25. The first-order chi connectivity index (χ1) is 21.2. The molecule has 0 spiro atoms. The molecule has 5 rings (SSSR count). The summed E-state index contributed by atoms with van der Waals surface area (Å²) in [7, 11) is 0. The minimum Gasteiger partial charge on any atom is -0.508 e. The van der Waals surface area contributed by atoms with Crippen LogP contribution in [0.4, 0.5) is 0 Å². The van der Waals surface area contributed by atoms with Gasteiger partial charge in [0.2, 0.25) is 0 Å². The number of carbonyl (C=O) groups excluding carboxylic acids is 1. The molecule has 0 radical (unpaired) electrons. The summed E-state index contributed by atoms with van der Waals surface area (Å²) in [5.41, 5.74) is 4.08. The zero-order valence-electron chi connectivity index (χ0n) is 25.8. The molecule has 2 N–H and O–H groups in total. The number of piperazine rings is 1. The molecule has 232 valence electrons. The van der Waals surface area contributed by atoms with E-state index in [2.05, 4.69) is 47.3 Å². The quantitative estimate of drug-likeness (QED) is 0.332. The second kappa shape index (κ2) is 14.2. The Hall–Kier alpha value is -3.98. The van der Waals surface area contributed by atoms with Crippen LogP contribution >= 0.6 is 0 Å². The second-order valence-electron chi connectivity index (χ2n) is 12.2. The molecule has 8 heteroatoms. The van der Waals surface area contributed by atoms with Crippen molar-refractivity contribution in [3.63, 3.8) is 0 Å². The normalized spacial score (nSPS) is 21.0. The van der Waals surface area contributed by atoms with Gasteiger partial charge in [-0.05, 0) is 73.4 Å². The van der Waals surface area contributed by atoms with E-state index in [9.17, 15) is 19.8 Å². The van der Waals surface area contributed by atoms with Crippen molar-refractivity contribution in [3.8, 4) is 5.75 Å². The van der Waals surface area contributed by atoms with Gasteiger partial charge in [0.1, 0.15) is 5.75 Å². The lowest BCUT2D eigenvalue weighted by Crippen LogP contribution is -2.57. The van der Waals surface area contributed by atoms with Gasteiger partial charge in [0.05, 0.1) is 11.6 Å². The number of phenols is 1. The van der Waals surface area contributed by atoms with Gasteiger partial charge in [0.15, 0.2) is 0 Å². The molecule has 1 amide bonds. The summed E-state index contributed by atoms with van der Waals surface area (Å²) in [5, 5.41) is 19.6. The summed E-state index contributed by atoms with van der Waals surface area (Å²) in [6, 6.07) is 23.0. The number of amides is 1. The van der Waals surface area contributed by atoms with Gasteiger partial charge < -0.3 is 15.1 Å². The third kappa shape index (κ3) is 7.38. The van der Waals surface area contributed by atoms with E-state index < -0.39 is 5.97 Å². The van der Waals surface area contributed by atoms with E-state index in [1.165, 1.54) is 0 Å². The Morgan fingerprint density at radius 3 is 2.32 bits per heavy atom. The average molecular weight is 597 g/mol. The van der Waals surface area contributed by atoms with E-state index in [0.29, 0.717) is 24.7 Å². The number of aromatic carboxylic acids is 1. The Labute approximate surface area is 260 Å². The van der Waals surface area contributed by atoms with Crippen molar-refractivity contribution in [1.82, 2.24) is 19.6 Å². The van der Waals surface area contributed by atoms with Crippen LogP contribution in [0.25, 0.3) is 0 Å². The monoisotopic (exact) mass is 596 g/mol. The molecule has 44 heavy (non-hydrogen) atoms. The fourth-order valence-electron chi connectivity index (χ4n) is 6.64. The number of aromatic hydroxyl groups is 1. The van der Waals surface area contributed by atoms with Gasteiger partial charge >= 0.3 is 5.97 Å². The summed E-state index contributed by atoms with van der Waals surface area (Å²) >= 11 is 0. The zero-order chi connectivity index (χ0) is 31.2. The van der Waals surface area contributed by atoms with Crippen LogP contribution in [0, 0.1) is 0 Å². The molecule has 3 atom stereocenters. The van der Waals surface area contributed by atoms with E-state index in [1.807, 2.05) is 53.4 Å². The van der Waals surface area contributed by atoms with Crippen LogP contribution in [0.15, 0.2) is 85.5 Å². The maximum Gasteiger partial charge on any atom is 0.335 e. The number of phenolic OH excluding ortho intramolecular Hbond substituents is 1. The highest BCUT2D eigenvalue weighted by molar-refractivity contribution is 5.94. The predicted octanol–water partition coefficient (Wildman–Crippen LogP) is 5.11. The van der Waals surface area contributed by atoms with Crippen LogP contribution in [0.1, 0.15) is 63.7 Å². The van der Waals surface area contributed by atoms with Crippen LogP contribution < -0.4 is 0 Å². The van der Waals surface area contributed by atoms with E-state index in [0.717, 1.165) is 62.4 Å². The van der Waals surface area contributed by atoms with Gasteiger partial charge in [0.25, 0.3) is 5.91 Å². The molecule has 0 aliphatic carbocycles. The minimum atomic E-state index is -0.923. The molecule has 0 bridgehead atoms. The lowest BCUT2D eigenvalue weighted by Gasteiger charge is -2.47. The zero-order valence-corrected chi connectivity index (χ0v) is 25.8. The molecule has 1 unspecified atom stereocenters. The molecule has 8 nitrogen and oxygen atoms in total. The van der Waals surface area contributed by atoms with Crippen molar-refractivity contribution in [1.29, 1.82) is 0 Å². The highest BCUT2D eigenvalue weighted by Crippen LogP contribution is 2.35. The lowest BCUT2D eigenvalue weighted by atomic mass is 9.92. The summed E-state index contributed by atoms with van der Waals surface area (Å²) in [6.45, 7) is 14.7. The van der Waals surface area contributed by atoms with Gasteiger partial charge in [-0.1, -0.05) is 42.5 Å². The number of rotatable bonds is 9. The number of hydrogen-bond donors (Lipinski definition) is 2. The molecule has 0 saturated carbocycles. The summed E-state index contributed by atoms with van der Waals surface area (Å²) < 4.78 is 0. The third-order valence-electron chi connectivity index (χ3n) is 8.98. The largest absolute Gasteiger partial charge is 0.508 e. The van der Waals surface area contributed by atoms with E-state index in [1.54, 1.807) is 18.2 Å². The molecule has 2 aliphatic rings. The number of carboxylic acid groups (broad SMARTS) is 1. The molecule has 2 fully saturated rings. The third-order valence-corrected chi connectivity index (χ3v) is 8.98. The topological polar surface area (TPSA) is 87.6 Å². The standard InChI is InChI=1S/C36H44N4O4/c1-4-16-39-23-27(3)40(24-26(39)2)34(31-9-6-11-33(41)22-31)30-8-5-10-32(21-30)35(42)38-18-7-17-37(19-20-38)25-28-12-14-29(15-13-28)36(43)44/h4-6,8-15,21-22,26-27,34,41H,1,7,16-20,23-25H2,2-3H3,(H,43,44)/t26-,27+,34?/m1/s1. The smallest absolute Gasteiger partial charge is 0.335 e. The Morgan fingerprint density at radius 1 is 0.886 bits per heavy atom. The molecule has 2 aliphatic heterocycles. The summed E-state index contributed by atoms with van der Waals surface area (Å²) in [4.78, 5) is 34.3. The van der Waals surface area contributed by atoms with Crippen molar-refractivity contribution in [2.75, 3.05) is 45.8 Å². The van der Waals surface area contributed by atoms with Crippen LogP contribution in [0.3, 0.4) is 0 Å². The number of carbonyl (C=O) groups is 2. The lowest BCUT2D eigenvalue weighted by molar-refractivity contribution is 0.0306. The molecule has 2 heterocycles. The molecule has 0 aromatic heterocycles. The number of carboxylic acids is 1. The first-order valence-corrected chi connectivity index (χ1v) is 15.6. The minimum absolute atomic E-state index is 0.0337. The SMILES string of the molecule is C=CCN1C[C@H](C)N(C(c2cccc(O)c2)c2cccc(C(=O)N3CCCN(Cc4ccc(C(=O)O)cc4)CC3)c2)C[C@H]1C. The molecule has 3 aromatic carbocycles. The van der Waals surface area contributed by atoms with E-state index in [-0.39, 0.29) is 29.3 Å². The second-order valence-corrected chi connectivity index (χ2v) is 12.2.